The molecule has 120 valence electrons. The number of anilines is 1. The highest BCUT2D eigenvalue weighted by molar-refractivity contribution is 9.10. The molecule has 0 spiro atoms. The summed E-state index contributed by atoms with van der Waals surface area (Å²) in [6, 6.07) is 2.04. The van der Waals surface area contributed by atoms with Crippen molar-refractivity contribution in [3.05, 3.63) is 22.3 Å². The van der Waals surface area contributed by atoms with Gasteiger partial charge in [-0.3, -0.25) is 4.79 Å². The maximum Gasteiger partial charge on any atom is 0.253 e. The minimum Gasteiger partial charge on any atom is -0.378 e. The number of rotatable bonds is 2. The molecule has 2 saturated heterocycles. The van der Waals surface area contributed by atoms with Gasteiger partial charge in [0.05, 0.1) is 26.4 Å². The van der Waals surface area contributed by atoms with Crippen molar-refractivity contribution in [3.8, 4) is 0 Å². The number of halogens is 1. The van der Waals surface area contributed by atoms with Crippen molar-refractivity contribution in [1.82, 2.24) is 9.88 Å². The van der Waals surface area contributed by atoms with Gasteiger partial charge in [0.1, 0.15) is 5.82 Å². The standard InChI is InChI=1S/C15H20BrN3O3/c1-11-8-12(16)9-17-14(11)19-4-7-22-13(10-19)15(20)18-2-5-21-6-3-18/h8-9,13H,2-7,10H2,1H3. The van der Waals surface area contributed by atoms with Crippen LogP contribution >= 0.6 is 15.9 Å². The van der Waals surface area contributed by atoms with Gasteiger partial charge in [0.15, 0.2) is 6.10 Å². The summed E-state index contributed by atoms with van der Waals surface area (Å²) in [5.41, 5.74) is 1.09. The maximum absolute atomic E-state index is 12.6. The van der Waals surface area contributed by atoms with Crippen LogP contribution in [-0.4, -0.2) is 67.9 Å². The SMILES string of the molecule is Cc1cc(Br)cnc1N1CCOC(C(=O)N2CCOCC2)C1. The number of carbonyl (C=O) groups excluding carboxylic acids is 1. The molecule has 1 unspecified atom stereocenters. The van der Waals surface area contributed by atoms with Gasteiger partial charge >= 0.3 is 0 Å². The van der Waals surface area contributed by atoms with Crippen LogP contribution < -0.4 is 4.90 Å². The quantitative estimate of drug-likeness (QED) is 0.784. The molecule has 22 heavy (non-hydrogen) atoms. The van der Waals surface area contributed by atoms with Crippen molar-refractivity contribution < 1.29 is 14.3 Å². The fraction of sp³-hybridized carbons (Fsp3) is 0.600. The van der Waals surface area contributed by atoms with Crippen LogP contribution in [0, 0.1) is 6.92 Å². The van der Waals surface area contributed by atoms with Crippen LogP contribution in [0.4, 0.5) is 5.82 Å². The predicted octanol–water partition coefficient (Wildman–Crippen LogP) is 1.22. The first-order valence-corrected chi connectivity index (χ1v) is 8.29. The van der Waals surface area contributed by atoms with Gasteiger partial charge in [-0.05, 0) is 34.5 Å². The Hall–Kier alpha value is -1.18. The lowest BCUT2D eigenvalue weighted by Gasteiger charge is -2.37. The van der Waals surface area contributed by atoms with Gasteiger partial charge in [-0.1, -0.05) is 0 Å². The topological polar surface area (TPSA) is 54.9 Å². The fourth-order valence-corrected chi connectivity index (χ4v) is 3.29. The Morgan fingerprint density at radius 2 is 2.09 bits per heavy atom. The van der Waals surface area contributed by atoms with E-state index in [2.05, 4.69) is 25.8 Å². The summed E-state index contributed by atoms with van der Waals surface area (Å²) in [5, 5.41) is 0. The molecule has 1 aromatic rings. The Morgan fingerprint density at radius 1 is 1.32 bits per heavy atom. The molecule has 0 aliphatic carbocycles. The van der Waals surface area contributed by atoms with Crippen molar-refractivity contribution in [2.75, 3.05) is 50.9 Å². The van der Waals surface area contributed by atoms with E-state index in [-0.39, 0.29) is 5.91 Å². The van der Waals surface area contributed by atoms with Gasteiger partial charge in [0, 0.05) is 30.3 Å². The number of aromatic nitrogens is 1. The number of morpholine rings is 2. The predicted molar refractivity (Wildman–Crippen MR) is 86.0 cm³/mol. The smallest absolute Gasteiger partial charge is 0.253 e. The van der Waals surface area contributed by atoms with E-state index in [9.17, 15) is 4.79 Å². The normalized spacial score (nSPS) is 22.7. The third kappa shape index (κ3) is 3.42. The number of aryl methyl sites for hydroxylation is 1. The number of ether oxygens (including phenoxy) is 2. The highest BCUT2D eigenvalue weighted by Gasteiger charge is 2.31. The molecule has 7 heteroatoms. The zero-order valence-electron chi connectivity index (χ0n) is 12.6. The summed E-state index contributed by atoms with van der Waals surface area (Å²) >= 11 is 3.43. The van der Waals surface area contributed by atoms with Crippen LogP contribution in [0.15, 0.2) is 16.7 Å². The molecule has 3 rings (SSSR count). The molecule has 0 bridgehead atoms. The molecule has 1 amide bonds. The van der Waals surface area contributed by atoms with Crippen molar-refractivity contribution in [1.29, 1.82) is 0 Å². The molecule has 2 aliphatic rings. The summed E-state index contributed by atoms with van der Waals surface area (Å²) in [7, 11) is 0. The van der Waals surface area contributed by atoms with Gasteiger partial charge in [0.25, 0.3) is 5.91 Å². The van der Waals surface area contributed by atoms with E-state index in [0.29, 0.717) is 39.5 Å². The summed E-state index contributed by atoms with van der Waals surface area (Å²) in [4.78, 5) is 21.0. The third-order valence-electron chi connectivity index (χ3n) is 3.98. The molecular formula is C15H20BrN3O3. The first-order chi connectivity index (χ1) is 10.6. The average molecular weight is 370 g/mol. The molecular weight excluding hydrogens is 350 g/mol. The summed E-state index contributed by atoms with van der Waals surface area (Å²) < 4.78 is 12.0. The lowest BCUT2D eigenvalue weighted by Crippen LogP contribution is -2.53. The Balaban J connectivity index is 1.69. The summed E-state index contributed by atoms with van der Waals surface area (Å²) in [5.74, 6) is 0.981. The van der Waals surface area contributed by atoms with Crippen molar-refractivity contribution in [2.45, 2.75) is 13.0 Å². The van der Waals surface area contributed by atoms with E-state index < -0.39 is 6.10 Å². The van der Waals surface area contributed by atoms with Gasteiger partial charge in [-0.25, -0.2) is 4.98 Å². The molecule has 0 radical (unpaired) electrons. The van der Waals surface area contributed by atoms with Crippen molar-refractivity contribution in [2.24, 2.45) is 0 Å². The Labute approximate surface area is 138 Å². The van der Waals surface area contributed by atoms with Crippen LogP contribution in [0.5, 0.6) is 0 Å². The molecule has 0 saturated carbocycles. The molecule has 2 fully saturated rings. The summed E-state index contributed by atoms with van der Waals surface area (Å²) in [6.07, 6.45) is 1.37. The number of carbonyl (C=O) groups is 1. The summed E-state index contributed by atoms with van der Waals surface area (Å²) in [6.45, 7) is 6.38. The van der Waals surface area contributed by atoms with Crippen LogP contribution in [0.3, 0.4) is 0 Å². The Bertz CT molecular complexity index is 549. The van der Waals surface area contributed by atoms with Gasteiger partial charge in [-0.15, -0.1) is 0 Å². The van der Waals surface area contributed by atoms with Gasteiger partial charge < -0.3 is 19.3 Å². The highest BCUT2D eigenvalue weighted by atomic mass is 79.9. The van der Waals surface area contributed by atoms with E-state index in [1.54, 1.807) is 6.20 Å². The zero-order valence-corrected chi connectivity index (χ0v) is 14.2. The first-order valence-electron chi connectivity index (χ1n) is 7.50. The van der Waals surface area contributed by atoms with E-state index in [4.69, 9.17) is 9.47 Å². The number of hydrogen-bond acceptors (Lipinski definition) is 5. The third-order valence-corrected chi connectivity index (χ3v) is 4.42. The molecule has 0 aromatic carbocycles. The van der Waals surface area contributed by atoms with Crippen molar-refractivity contribution >= 4 is 27.7 Å². The maximum atomic E-state index is 12.6. The second-order valence-electron chi connectivity index (χ2n) is 5.54. The average Bonchev–Trinajstić information content (AvgIpc) is 2.55. The second kappa shape index (κ2) is 6.93. The number of pyridine rings is 1. The molecule has 0 N–H and O–H groups in total. The fourth-order valence-electron chi connectivity index (χ4n) is 2.84. The highest BCUT2D eigenvalue weighted by Crippen LogP contribution is 2.23. The Morgan fingerprint density at radius 3 is 2.82 bits per heavy atom. The van der Waals surface area contributed by atoms with Gasteiger partial charge in [0.2, 0.25) is 0 Å². The largest absolute Gasteiger partial charge is 0.378 e. The van der Waals surface area contributed by atoms with Crippen molar-refractivity contribution in [3.63, 3.8) is 0 Å². The molecule has 1 atom stereocenters. The molecule has 1 aromatic heterocycles. The van der Waals surface area contributed by atoms with Crippen LogP contribution in [-0.2, 0) is 14.3 Å². The van der Waals surface area contributed by atoms with E-state index in [1.807, 2.05) is 17.9 Å². The lowest BCUT2D eigenvalue weighted by atomic mass is 10.2. The van der Waals surface area contributed by atoms with E-state index in [1.165, 1.54) is 0 Å². The number of amides is 1. The molecule has 3 heterocycles. The molecule has 2 aliphatic heterocycles. The Kier molecular flexibility index (Phi) is 4.95. The van der Waals surface area contributed by atoms with E-state index >= 15 is 0 Å². The minimum absolute atomic E-state index is 0.0581. The van der Waals surface area contributed by atoms with Gasteiger partial charge in [-0.2, -0.15) is 0 Å². The zero-order chi connectivity index (χ0) is 15.5. The van der Waals surface area contributed by atoms with Crippen LogP contribution in [0.1, 0.15) is 5.56 Å². The van der Waals surface area contributed by atoms with Crippen LogP contribution in [0.2, 0.25) is 0 Å². The number of nitrogens with zero attached hydrogens (tertiary/aromatic N) is 3. The lowest BCUT2D eigenvalue weighted by molar-refractivity contribution is -0.148. The molecule has 6 nitrogen and oxygen atoms in total. The van der Waals surface area contributed by atoms with E-state index in [0.717, 1.165) is 22.4 Å². The minimum atomic E-state index is -0.420. The monoisotopic (exact) mass is 369 g/mol. The van der Waals surface area contributed by atoms with Crippen LogP contribution in [0.25, 0.3) is 0 Å². The first kappa shape index (κ1) is 15.7. The second-order valence-corrected chi connectivity index (χ2v) is 6.45. The number of hydrogen-bond donors (Lipinski definition) is 0.